The Hall–Kier alpha value is -0.200. The maximum Gasteiger partial charge on any atom is 0.0926 e. The number of hydrogen-bond acceptors (Lipinski definition) is 5. The zero-order chi connectivity index (χ0) is 10.5. The Morgan fingerprint density at radius 3 is 2.53 bits per heavy atom. The first-order chi connectivity index (χ1) is 7.38. The van der Waals surface area contributed by atoms with Crippen LogP contribution in [-0.4, -0.2) is 68.4 Å². The third-order valence-corrected chi connectivity index (χ3v) is 3.26. The van der Waals surface area contributed by atoms with Gasteiger partial charge in [0.1, 0.15) is 0 Å². The molecule has 5 nitrogen and oxygen atoms in total. The van der Waals surface area contributed by atoms with Crippen LogP contribution in [0.15, 0.2) is 0 Å². The van der Waals surface area contributed by atoms with Crippen molar-refractivity contribution in [3.05, 3.63) is 0 Å². The second kappa shape index (κ2) is 5.77. The summed E-state index contributed by atoms with van der Waals surface area (Å²) in [7, 11) is 0. The largest absolute Gasteiger partial charge is 0.379 e. The Bertz CT molecular complexity index is 186. The van der Waals surface area contributed by atoms with Crippen LogP contribution in [0, 0.1) is 0 Å². The first kappa shape index (κ1) is 11.3. The molecular weight excluding hydrogens is 194 g/mol. The maximum atomic E-state index is 5.31. The van der Waals surface area contributed by atoms with Crippen molar-refractivity contribution in [2.45, 2.75) is 12.5 Å². The molecule has 2 N–H and O–H groups in total. The minimum absolute atomic E-state index is 0.245. The van der Waals surface area contributed by atoms with E-state index < -0.39 is 0 Å². The second-order valence-electron chi connectivity index (χ2n) is 4.30. The highest BCUT2D eigenvalue weighted by atomic mass is 16.6. The highest BCUT2D eigenvalue weighted by Crippen LogP contribution is 2.10. The molecule has 0 aromatic carbocycles. The highest BCUT2D eigenvalue weighted by molar-refractivity contribution is 4.76. The predicted octanol–water partition coefficient (Wildman–Crippen LogP) is -0.717. The fourth-order valence-corrected chi connectivity index (χ4v) is 2.22. The molecule has 2 heterocycles. The third kappa shape index (κ3) is 3.39. The van der Waals surface area contributed by atoms with E-state index in [1.807, 2.05) is 0 Å². The Morgan fingerprint density at radius 2 is 1.87 bits per heavy atom. The molecular formula is C10H21N3O2. The minimum atomic E-state index is 0.245. The van der Waals surface area contributed by atoms with E-state index in [1.165, 1.54) is 0 Å². The van der Waals surface area contributed by atoms with Crippen molar-refractivity contribution in [1.29, 1.82) is 0 Å². The van der Waals surface area contributed by atoms with Crippen molar-refractivity contribution in [3.8, 4) is 0 Å². The van der Waals surface area contributed by atoms with Crippen LogP contribution in [-0.2, 0) is 9.57 Å². The van der Waals surface area contributed by atoms with Crippen molar-refractivity contribution < 1.29 is 9.57 Å². The molecule has 0 spiro atoms. The summed E-state index contributed by atoms with van der Waals surface area (Å²) in [6, 6.07) is 0. The van der Waals surface area contributed by atoms with Crippen molar-refractivity contribution in [2.24, 2.45) is 5.90 Å². The van der Waals surface area contributed by atoms with Gasteiger partial charge in [-0.2, -0.15) is 0 Å². The van der Waals surface area contributed by atoms with Crippen LogP contribution >= 0.6 is 0 Å². The number of rotatable bonds is 4. The number of morpholine rings is 1. The molecule has 2 saturated heterocycles. The van der Waals surface area contributed by atoms with Gasteiger partial charge in [0, 0.05) is 39.3 Å². The Kier molecular flexibility index (Phi) is 4.34. The molecule has 88 valence electrons. The summed E-state index contributed by atoms with van der Waals surface area (Å²) in [5, 5.41) is 0. The number of nitrogens with two attached hydrogens (primary N) is 1. The Morgan fingerprint density at radius 1 is 1.13 bits per heavy atom. The lowest BCUT2D eigenvalue weighted by Gasteiger charge is -2.28. The van der Waals surface area contributed by atoms with E-state index in [-0.39, 0.29) is 6.10 Å². The zero-order valence-electron chi connectivity index (χ0n) is 9.23. The quantitative estimate of drug-likeness (QED) is 0.627. The first-order valence-corrected chi connectivity index (χ1v) is 5.76. The summed E-state index contributed by atoms with van der Waals surface area (Å²) in [5.74, 6) is 5.18. The zero-order valence-corrected chi connectivity index (χ0v) is 9.23. The van der Waals surface area contributed by atoms with Gasteiger partial charge < -0.3 is 4.74 Å². The van der Waals surface area contributed by atoms with Gasteiger partial charge >= 0.3 is 0 Å². The average Bonchev–Trinajstić information content (AvgIpc) is 2.76. The summed E-state index contributed by atoms with van der Waals surface area (Å²) in [6.07, 6.45) is 1.31. The molecule has 2 aliphatic heterocycles. The highest BCUT2D eigenvalue weighted by Gasteiger charge is 2.22. The van der Waals surface area contributed by atoms with Crippen molar-refractivity contribution in [2.75, 3.05) is 52.5 Å². The number of nitrogens with zero attached hydrogens (tertiary/aromatic N) is 2. The minimum Gasteiger partial charge on any atom is -0.379 e. The summed E-state index contributed by atoms with van der Waals surface area (Å²) < 4.78 is 5.31. The van der Waals surface area contributed by atoms with Crippen molar-refractivity contribution in [3.63, 3.8) is 0 Å². The van der Waals surface area contributed by atoms with Gasteiger partial charge in [-0.05, 0) is 6.42 Å². The second-order valence-corrected chi connectivity index (χ2v) is 4.30. The van der Waals surface area contributed by atoms with Gasteiger partial charge in [-0.3, -0.25) is 14.6 Å². The molecule has 2 aliphatic rings. The molecule has 5 heteroatoms. The molecule has 15 heavy (non-hydrogen) atoms. The van der Waals surface area contributed by atoms with Crippen LogP contribution in [0.4, 0.5) is 0 Å². The van der Waals surface area contributed by atoms with Crippen molar-refractivity contribution in [1.82, 2.24) is 9.80 Å². The monoisotopic (exact) mass is 215 g/mol. The molecule has 2 rings (SSSR count). The van der Waals surface area contributed by atoms with E-state index in [2.05, 4.69) is 9.80 Å². The lowest BCUT2D eigenvalue weighted by atomic mass is 10.3. The molecule has 1 unspecified atom stereocenters. The van der Waals surface area contributed by atoms with E-state index in [4.69, 9.17) is 15.5 Å². The molecule has 0 aliphatic carbocycles. The molecule has 1 atom stereocenters. The number of ether oxygens (including phenoxy) is 1. The van der Waals surface area contributed by atoms with Gasteiger partial charge in [-0.15, -0.1) is 0 Å². The average molecular weight is 215 g/mol. The van der Waals surface area contributed by atoms with E-state index in [9.17, 15) is 0 Å². The van der Waals surface area contributed by atoms with Gasteiger partial charge in [0.25, 0.3) is 0 Å². The van der Waals surface area contributed by atoms with Gasteiger partial charge in [0.05, 0.1) is 19.3 Å². The van der Waals surface area contributed by atoms with Gasteiger partial charge in [-0.25, -0.2) is 5.90 Å². The van der Waals surface area contributed by atoms with Crippen LogP contribution in [0.2, 0.25) is 0 Å². The van der Waals surface area contributed by atoms with E-state index in [1.54, 1.807) is 0 Å². The van der Waals surface area contributed by atoms with Crippen LogP contribution < -0.4 is 5.90 Å². The van der Waals surface area contributed by atoms with E-state index in [0.29, 0.717) is 0 Å². The smallest absolute Gasteiger partial charge is 0.0926 e. The lowest BCUT2D eigenvalue weighted by molar-refractivity contribution is 0.0316. The van der Waals surface area contributed by atoms with Crippen LogP contribution in [0.1, 0.15) is 6.42 Å². The van der Waals surface area contributed by atoms with Crippen LogP contribution in [0.3, 0.4) is 0 Å². The standard InChI is InChI=1S/C10H21N3O2/c11-15-10-1-2-13(9-10)4-3-12-5-7-14-8-6-12/h10H,1-9,11H2. The molecule has 0 aromatic rings. The third-order valence-electron chi connectivity index (χ3n) is 3.26. The van der Waals surface area contributed by atoms with Gasteiger partial charge in [-0.1, -0.05) is 0 Å². The predicted molar refractivity (Wildman–Crippen MR) is 57.4 cm³/mol. The summed E-state index contributed by atoms with van der Waals surface area (Å²) in [6.45, 7) is 8.28. The van der Waals surface area contributed by atoms with Gasteiger partial charge in [0.2, 0.25) is 0 Å². The SMILES string of the molecule is NOC1CCN(CCN2CCOCC2)C1. The van der Waals surface area contributed by atoms with Gasteiger partial charge in [0.15, 0.2) is 0 Å². The molecule has 0 amide bonds. The molecule has 0 aromatic heterocycles. The summed E-state index contributed by atoms with van der Waals surface area (Å²) >= 11 is 0. The maximum absolute atomic E-state index is 5.31. The molecule has 0 saturated carbocycles. The molecule has 0 bridgehead atoms. The fourth-order valence-electron chi connectivity index (χ4n) is 2.22. The Balaban J connectivity index is 1.61. The van der Waals surface area contributed by atoms with E-state index >= 15 is 0 Å². The Labute approximate surface area is 91.1 Å². The normalized spacial score (nSPS) is 29.8. The first-order valence-electron chi connectivity index (χ1n) is 5.76. The van der Waals surface area contributed by atoms with Crippen LogP contribution in [0.5, 0.6) is 0 Å². The summed E-state index contributed by atoms with van der Waals surface area (Å²) in [5.41, 5.74) is 0. The molecule has 0 radical (unpaired) electrons. The number of hydrogen-bond donors (Lipinski definition) is 1. The summed E-state index contributed by atoms with van der Waals surface area (Å²) in [4.78, 5) is 9.74. The van der Waals surface area contributed by atoms with E-state index in [0.717, 1.165) is 58.9 Å². The number of likely N-dealkylation sites (tertiary alicyclic amines) is 1. The fraction of sp³-hybridized carbons (Fsp3) is 1.00. The topological polar surface area (TPSA) is 51.0 Å². The lowest BCUT2D eigenvalue weighted by Crippen LogP contribution is -2.41. The molecule has 2 fully saturated rings. The van der Waals surface area contributed by atoms with Crippen molar-refractivity contribution >= 4 is 0 Å². The van der Waals surface area contributed by atoms with Crippen LogP contribution in [0.25, 0.3) is 0 Å².